The molecule has 0 unspecified atom stereocenters. The van der Waals surface area contributed by atoms with Gasteiger partial charge in [0.1, 0.15) is 0 Å². The van der Waals surface area contributed by atoms with Gasteiger partial charge < -0.3 is 9.80 Å². The van der Waals surface area contributed by atoms with Crippen LogP contribution in [0.3, 0.4) is 0 Å². The summed E-state index contributed by atoms with van der Waals surface area (Å²) in [6.45, 7) is 2.94. The van der Waals surface area contributed by atoms with Crippen LogP contribution in [-0.2, 0) is 11.3 Å². The number of halogens is 2. The van der Waals surface area contributed by atoms with Gasteiger partial charge in [-0.3, -0.25) is 14.8 Å². The summed E-state index contributed by atoms with van der Waals surface area (Å²) in [5.74, 6) is -1.88. The molecule has 5 rings (SSSR count). The van der Waals surface area contributed by atoms with Crippen molar-refractivity contribution in [1.82, 2.24) is 20.0 Å². The second kappa shape index (κ2) is 8.55. The van der Waals surface area contributed by atoms with E-state index >= 15 is 0 Å². The maximum atomic E-state index is 14.5. The minimum atomic E-state index is -0.936. The van der Waals surface area contributed by atoms with Crippen LogP contribution in [0.15, 0.2) is 54.9 Å². The van der Waals surface area contributed by atoms with E-state index in [0.29, 0.717) is 32.5 Å². The van der Waals surface area contributed by atoms with Crippen molar-refractivity contribution in [1.29, 1.82) is 0 Å². The van der Waals surface area contributed by atoms with Crippen LogP contribution in [0, 0.1) is 11.6 Å². The Kier molecular flexibility index (Phi) is 5.55. The molecule has 0 saturated carbocycles. The summed E-state index contributed by atoms with van der Waals surface area (Å²) in [6, 6.07) is 11.4. The van der Waals surface area contributed by atoms with E-state index in [1.54, 1.807) is 27.1 Å². The number of hydrogen-bond acceptors (Lipinski definition) is 3. The van der Waals surface area contributed by atoms with Gasteiger partial charge in [0.2, 0.25) is 5.91 Å². The van der Waals surface area contributed by atoms with Crippen LogP contribution < -0.4 is 4.90 Å². The molecule has 176 valence electrons. The number of benzene rings is 2. The van der Waals surface area contributed by atoms with Crippen molar-refractivity contribution >= 4 is 17.6 Å². The fourth-order valence-electron chi connectivity index (χ4n) is 4.98. The number of anilines is 1. The highest BCUT2D eigenvalue weighted by molar-refractivity contribution is 5.95. The van der Waals surface area contributed by atoms with E-state index in [0.717, 1.165) is 22.9 Å². The highest BCUT2D eigenvalue weighted by Crippen LogP contribution is 2.40. The maximum Gasteiger partial charge on any atom is 0.325 e. The summed E-state index contributed by atoms with van der Waals surface area (Å²) in [7, 11) is 0. The van der Waals surface area contributed by atoms with Gasteiger partial charge in [-0.2, -0.15) is 5.10 Å². The number of rotatable bonds is 4. The molecule has 3 amide bonds. The maximum absolute atomic E-state index is 14.5. The lowest BCUT2D eigenvalue weighted by molar-refractivity contribution is -0.131. The molecular formula is C25H25F2N5O2. The first kappa shape index (κ1) is 22.1. The quantitative estimate of drug-likeness (QED) is 0.628. The summed E-state index contributed by atoms with van der Waals surface area (Å²) in [5.41, 5.74) is 2.19. The Balaban J connectivity index is 1.46. The summed E-state index contributed by atoms with van der Waals surface area (Å²) >= 11 is 0. The van der Waals surface area contributed by atoms with Crippen LogP contribution in [0.25, 0.3) is 11.1 Å². The lowest BCUT2D eigenvalue weighted by atomic mass is 9.86. The van der Waals surface area contributed by atoms with E-state index in [4.69, 9.17) is 0 Å². The molecule has 1 spiro atoms. The van der Waals surface area contributed by atoms with Crippen LogP contribution >= 0.6 is 0 Å². The van der Waals surface area contributed by atoms with Crippen molar-refractivity contribution in [2.45, 2.75) is 31.8 Å². The van der Waals surface area contributed by atoms with E-state index in [2.05, 4.69) is 10.2 Å². The van der Waals surface area contributed by atoms with Gasteiger partial charge in [0.05, 0.1) is 24.8 Å². The van der Waals surface area contributed by atoms with Crippen LogP contribution in [-0.4, -0.2) is 57.1 Å². The minimum absolute atomic E-state index is 0.00594. The standard InChI is InChI=1S/C25H25F2N5O2/c1-17(33)30-11-9-25(10-12-30)16-31(21-7-5-18(6-8-21)20-13-28-29-14-20)24(34)32(25)15-19-3-2-4-22(26)23(19)27/h2-8,13-14H,9-12,15-16H2,1H3,(H,28,29). The van der Waals surface area contributed by atoms with Crippen molar-refractivity contribution in [3.8, 4) is 11.1 Å². The number of amides is 3. The van der Waals surface area contributed by atoms with Crippen molar-refractivity contribution in [3.05, 3.63) is 72.1 Å². The van der Waals surface area contributed by atoms with E-state index in [1.807, 2.05) is 24.3 Å². The van der Waals surface area contributed by atoms with E-state index in [-0.39, 0.29) is 24.0 Å². The third kappa shape index (κ3) is 3.81. The first-order chi connectivity index (χ1) is 16.4. The highest BCUT2D eigenvalue weighted by atomic mass is 19.2. The number of urea groups is 1. The Bertz CT molecular complexity index is 1200. The molecule has 2 aromatic carbocycles. The molecule has 34 heavy (non-hydrogen) atoms. The predicted molar refractivity (Wildman–Crippen MR) is 123 cm³/mol. The normalized spacial score (nSPS) is 17.6. The second-order valence-electron chi connectivity index (χ2n) is 8.93. The lowest BCUT2D eigenvalue weighted by Crippen LogP contribution is -2.54. The number of aromatic amines is 1. The highest BCUT2D eigenvalue weighted by Gasteiger charge is 2.51. The number of likely N-dealkylation sites (tertiary alicyclic amines) is 1. The average Bonchev–Trinajstić information content (AvgIpc) is 3.46. The second-order valence-corrected chi connectivity index (χ2v) is 8.93. The number of aromatic nitrogens is 2. The van der Waals surface area contributed by atoms with Gasteiger partial charge in [0.15, 0.2) is 11.6 Å². The first-order valence-corrected chi connectivity index (χ1v) is 11.2. The third-order valence-corrected chi connectivity index (χ3v) is 7.00. The fraction of sp³-hybridized carbons (Fsp3) is 0.320. The molecule has 2 aliphatic heterocycles. The topological polar surface area (TPSA) is 72.5 Å². The molecule has 1 N–H and O–H groups in total. The molecule has 7 nitrogen and oxygen atoms in total. The van der Waals surface area contributed by atoms with Crippen LogP contribution in [0.1, 0.15) is 25.3 Å². The molecule has 2 fully saturated rings. The Morgan fingerprint density at radius 3 is 2.47 bits per heavy atom. The number of carbonyl (C=O) groups is 2. The van der Waals surface area contributed by atoms with Gasteiger partial charge in [-0.05, 0) is 36.6 Å². The summed E-state index contributed by atoms with van der Waals surface area (Å²) in [5, 5.41) is 6.75. The Hall–Kier alpha value is -3.75. The van der Waals surface area contributed by atoms with Gasteiger partial charge in [0.25, 0.3) is 0 Å². The molecular weight excluding hydrogens is 440 g/mol. The Labute approximate surface area is 196 Å². The van der Waals surface area contributed by atoms with Crippen molar-refractivity contribution in [2.24, 2.45) is 0 Å². The molecule has 3 aromatic rings. The minimum Gasteiger partial charge on any atom is -0.343 e. The fourth-order valence-corrected chi connectivity index (χ4v) is 4.98. The zero-order valence-electron chi connectivity index (χ0n) is 18.8. The number of carbonyl (C=O) groups excluding carboxylic acids is 2. The molecule has 0 atom stereocenters. The Morgan fingerprint density at radius 2 is 1.82 bits per heavy atom. The van der Waals surface area contributed by atoms with E-state index in [1.165, 1.54) is 19.1 Å². The molecule has 2 aliphatic rings. The summed E-state index contributed by atoms with van der Waals surface area (Å²) < 4.78 is 28.4. The number of nitrogens with zero attached hydrogens (tertiary/aromatic N) is 4. The average molecular weight is 466 g/mol. The van der Waals surface area contributed by atoms with Gasteiger partial charge in [-0.15, -0.1) is 0 Å². The number of hydrogen-bond donors (Lipinski definition) is 1. The van der Waals surface area contributed by atoms with Crippen molar-refractivity contribution in [3.63, 3.8) is 0 Å². The molecule has 0 radical (unpaired) electrons. The number of nitrogens with one attached hydrogen (secondary N) is 1. The zero-order chi connectivity index (χ0) is 23.9. The largest absolute Gasteiger partial charge is 0.343 e. The number of piperidine rings is 1. The van der Waals surface area contributed by atoms with Crippen molar-refractivity contribution < 1.29 is 18.4 Å². The van der Waals surface area contributed by atoms with Gasteiger partial charge in [0, 0.05) is 43.0 Å². The van der Waals surface area contributed by atoms with Crippen LogP contribution in [0.5, 0.6) is 0 Å². The smallest absolute Gasteiger partial charge is 0.325 e. The third-order valence-electron chi connectivity index (χ3n) is 7.00. The number of H-pyrrole nitrogens is 1. The molecule has 2 saturated heterocycles. The molecule has 1 aromatic heterocycles. The van der Waals surface area contributed by atoms with Crippen LogP contribution in [0.2, 0.25) is 0 Å². The van der Waals surface area contributed by atoms with Gasteiger partial charge in [-0.25, -0.2) is 13.6 Å². The van der Waals surface area contributed by atoms with Crippen molar-refractivity contribution in [2.75, 3.05) is 24.5 Å². The summed E-state index contributed by atoms with van der Waals surface area (Å²) in [4.78, 5) is 30.6. The van der Waals surface area contributed by atoms with E-state index < -0.39 is 17.2 Å². The first-order valence-electron chi connectivity index (χ1n) is 11.2. The molecule has 0 aliphatic carbocycles. The van der Waals surface area contributed by atoms with Gasteiger partial charge in [-0.1, -0.05) is 24.3 Å². The van der Waals surface area contributed by atoms with Crippen LogP contribution in [0.4, 0.5) is 19.3 Å². The lowest BCUT2D eigenvalue weighted by Gasteiger charge is -2.43. The molecule has 0 bridgehead atoms. The SMILES string of the molecule is CC(=O)N1CCC2(CC1)CN(c1ccc(-c3cn[nH]c3)cc1)C(=O)N2Cc1cccc(F)c1F. The van der Waals surface area contributed by atoms with E-state index in [9.17, 15) is 18.4 Å². The molecule has 9 heteroatoms. The summed E-state index contributed by atoms with van der Waals surface area (Å²) in [6.07, 6.45) is 4.66. The van der Waals surface area contributed by atoms with Gasteiger partial charge >= 0.3 is 6.03 Å². The monoisotopic (exact) mass is 465 g/mol. The zero-order valence-corrected chi connectivity index (χ0v) is 18.8. The molecule has 3 heterocycles. The Morgan fingerprint density at radius 1 is 1.09 bits per heavy atom. The predicted octanol–water partition coefficient (Wildman–Crippen LogP) is 4.18.